The minimum Gasteiger partial charge on any atom is -0.337 e. The van der Waals surface area contributed by atoms with E-state index in [9.17, 15) is 4.79 Å². The zero-order chi connectivity index (χ0) is 15.5. The second-order valence-corrected chi connectivity index (χ2v) is 6.16. The maximum absolute atomic E-state index is 13.0. The Morgan fingerprint density at radius 2 is 2.05 bits per heavy atom. The molecule has 1 aliphatic rings. The van der Waals surface area contributed by atoms with Crippen LogP contribution in [0.1, 0.15) is 42.2 Å². The van der Waals surface area contributed by atoms with Crippen molar-refractivity contribution in [1.82, 2.24) is 15.2 Å². The molecule has 1 saturated heterocycles. The van der Waals surface area contributed by atoms with Crippen LogP contribution in [0.5, 0.6) is 0 Å². The Balaban J connectivity index is 2.05. The molecule has 2 heterocycles. The first kappa shape index (κ1) is 15.0. The Labute approximate surface area is 131 Å². The summed E-state index contributed by atoms with van der Waals surface area (Å²) in [5.41, 5.74) is 2.68. The van der Waals surface area contributed by atoms with Crippen LogP contribution in [0.4, 0.5) is 0 Å². The lowest BCUT2D eigenvalue weighted by molar-refractivity contribution is 0.0768. The quantitative estimate of drug-likeness (QED) is 0.927. The van der Waals surface area contributed by atoms with E-state index in [4.69, 9.17) is 4.98 Å². The van der Waals surface area contributed by atoms with E-state index >= 15 is 0 Å². The highest BCUT2D eigenvalue weighted by molar-refractivity contribution is 6.06. The lowest BCUT2D eigenvalue weighted by Gasteiger charge is -2.21. The minimum absolute atomic E-state index is 0.129. The van der Waals surface area contributed by atoms with Gasteiger partial charge >= 0.3 is 0 Å². The lowest BCUT2D eigenvalue weighted by atomic mass is 10.0. The van der Waals surface area contributed by atoms with E-state index < -0.39 is 0 Å². The Kier molecular flexibility index (Phi) is 4.39. The number of fused-ring (bicyclic) bond motifs is 1. The monoisotopic (exact) mass is 297 g/mol. The van der Waals surface area contributed by atoms with Gasteiger partial charge in [0.15, 0.2) is 0 Å². The van der Waals surface area contributed by atoms with Crippen molar-refractivity contribution in [3.8, 4) is 0 Å². The van der Waals surface area contributed by atoms with Crippen molar-refractivity contribution in [2.24, 2.45) is 0 Å². The molecular weight excluding hydrogens is 274 g/mol. The number of carbonyl (C=O) groups excluding carboxylic acids is 1. The molecule has 1 amide bonds. The van der Waals surface area contributed by atoms with Crippen molar-refractivity contribution >= 4 is 16.8 Å². The molecule has 1 aromatic heterocycles. The van der Waals surface area contributed by atoms with Crippen LogP contribution in [-0.4, -0.2) is 42.0 Å². The summed E-state index contributed by atoms with van der Waals surface area (Å²) < 4.78 is 0. The van der Waals surface area contributed by atoms with Crippen LogP contribution < -0.4 is 5.32 Å². The second kappa shape index (κ2) is 6.44. The third-order valence-electron chi connectivity index (χ3n) is 4.19. The Hall–Kier alpha value is -1.94. The van der Waals surface area contributed by atoms with E-state index in [0.717, 1.165) is 54.8 Å². The van der Waals surface area contributed by atoms with Crippen molar-refractivity contribution in [3.05, 3.63) is 41.6 Å². The molecule has 1 aromatic carbocycles. The molecule has 0 atom stereocenters. The Bertz CT molecular complexity index is 673. The minimum atomic E-state index is 0.129. The molecule has 0 spiro atoms. The van der Waals surface area contributed by atoms with E-state index in [1.807, 2.05) is 35.2 Å². The number of para-hydroxylation sites is 1. The SMILES string of the molecule is CC(C)c1cc(C(=O)N2CCCNCC2)c2ccccc2n1. The van der Waals surface area contributed by atoms with E-state index in [0.29, 0.717) is 5.92 Å². The van der Waals surface area contributed by atoms with Crippen LogP contribution in [0.2, 0.25) is 0 Å². The molecule has 116 valence electrons. The summed E-state index contributed by atoms with van der Waals surface area (Å²) in [7, 11) is 0. The molecule has 1 aliphatic heterocycles. The number of nitrogens with one attached hydrogen (secondary N) is 1. The third-order valence-corrected chi connectivity index (χ3v) is 4.19. The van der Waals surface area contributed by atoms with Gasteiger partial charge in [-0.3, -0.25) is 9.78 Å². The van der Waals surface area contributed by atoms with Crippen LogP contribution in [0.25, 0.3) is 10.9 Å². The average molecular weight is 297 g/mol. The number of amides is 1. The normalized spacial score (nSPS) is 16.0. The van der Waals surface area contributed by atoms with Crippen LogP contribution in [0, 0.1) is 0 Å². The van der Waals surface area contributed by atoms with Gasteiger partial charge in [0, 0.05) is 30.7 Å². The first-order valence-electron chi connectivity index (χ1n) is 8.06. The van der Waals surface area contributed by atoms with E-state index in [1.165, 1.54) is 0 Å². The summed E-state index contributed by atoms with van der Waals surface area (Å²) in [4.78, 5) is 19.7. The van der Waals surface area contributed by atoms with Gasteiger partial charge in [0.1, 0.15) is 0 Å². The van der Waals surface area contributed by atoms with Crippen molar-refractivity contribution in [2.75, 3.05) is 26.2 Å². The highest BCUT2D eigenvalue weighted by Gasteiger charge is 2.20. The van der Waals surface area contributed by atoms with E-state index in [2.05, 4.69) is 19.2 Å². The third kappa shape index (κ3) is 2.97. The fourth-order valence-corrected chi connectivity index (χ4v) is 2.89. The maximum Gasteiger partial charge on any atom is 0.254 e. The zero-order valence-corrected chi connectivity index (χ0v) is 13.3. The molecule has 22 heavy (non-hydrogen) atoms. The van der Waals surface area contributed by atoms with Gasteiger partial charge in [-0.25, -0.2) is 0 Å². The van der Waals surface area contributed by atoms with Gasteiger partial charge < -0.3 is 10.2 Å². The van der Waals surface area contributed by atoms with Crippen molar-refractivity contribution in [1.29, 1.82) is 0 Å². The summed E-state index contributed by atoms with van der Waals surface area (Å²) in [5, 5.41) is 4.30. The second-order valence-electron chi connectivity index (χ2n) is 6.16. The van der Waals surface area contributed by atoms with Gasteiger partial charge in [-0.05, 0) is 31.0 Å². The van der Waals surface area contributed by atoms with Gasteiger partial charge in [0.05, 0.1) is 11.1 Å². The molecule has 4 heteroatoms. The molecular formula is C18H23N3O. The van der Waals surface area contributed by atoms with Crippen LogP contribution >= 0.6 is 0 Å². The van der Waals surface area contributed by atoms with Gasteiger partial charge in [0.25, 0.3) is 5.91 Å². The van der Waals surface area contributed by atoms with Gasteiger partial charge in [0.2, 0.25) is 0 Å². The van der Waals surface area contributed by atoms with Crippen molar-refractivity contribution < 1.29 is 4.79 Å². The predicted molar refractivity (Wildman–Crippen MR) is 89.2 cm³/mol. The smallest absolute Gasteiger partial charge is 0.254 e. The van der Waals surface area contributed by atoms with Crippen molar-refractivity contribution in [2.45, 2.75) is 26.2 Å². The van der Waals surface area contributed by atoms with E-state index in [1.54, 1.807) is 0 Å². The molecule has 0 bridgehead atoms. The standard InChI is InChI=1S/C18H23N3O/c1-13(2)17-12-15(14-6-3-4-7-16(14)20-17)18(22)21-10-5-8-19-9-11-21/h3-4,6-7,12-13,19H,5,8-11H2,1-2H3. The maximum atomic E-state index is 13.0. The number of aromatic nitrogens is 1. The molecule has 0 saturated carbocycles. The number of nitrogens with zero attached hydrogens (tertiary/aromatic N) is 2. The fraction of sp³-hybridized carbons (Fsp3) is 0.444. The molecule has 3 rings (SSSR count). The Morgan fingerprint density at radius 1 is 1.23 bits per heavy atom. The number of pyridine rings is 1. The fourth-order valence-electron chi connectivity index (χ4n) is 2.89. The highest BCUT2D eigenvalue weighted by Crippen LogP contribution is 2.23. The van der Waals surface area contributed by atoms with E-state index in [-0.39, 0.29) is 5.91 Å². The molecule has 0 aliphatic carbocycles. The molecule has 4 nitrogen and oxygen atoms in total. The van der Waals surface area contributed by atoms with Crippen LogP contribution in [0.15, 0.2) is 30.3 Å². The van der Waals surface area contributed by atoms with Crippen LogP contribution in [0.3, 0.4) is 0 Å². The first-order chi connectivity index (χ1) is 10.7. The molecule has 1 N–H and O–H groups in total. The summed E-state index contributed by atoms with van der Waals surface area (Å²) in [5.74, 6) is 0.436. The van der Waals surface area contributed by atoms with Gasteiger partial charge in [-0.15, -0.1) is 0 Å². The molecule has 0 unspecified atom stereocenters. The summed E-state index contributed by atoms with van der Waals surface area (Å²) >= 11 is 0. The Morgan fingerprint density at radius 3 is 2.86 bits per heavy atom. The summed E-state index contributed by atoms with van der Waals surface area (Å²) in [6.07, 6.45) is 1.01. The summed E-state index contributed by atoms with van der Waals surface area (Å²) in [6, 6.07) is 9.91. The zero-order valence-electron chi connectivity index (χ0n) is 13.3. The average Bonchev–Trinajstić information content (AvgIpc) is 2.82. The molecule has 2 aromatic rings. The lowest BCUT2D eigenvalue weighted by Crippen LogP contribution is -2.34. The number of hydrogen-bond donors (Lipinski definition) is 1. The highest BCUT2D eigenvalue weighted by atomic mass is 16.2. The van der Waals surface area contributed by atoms with Gasteiger partial charge in [-0.1, -0.05) is 32.0 Å². The molecule has 1 fully saturated rings. The largest absolute Gasteiger partial charge is 0.337 e. The number of benzene rings is 1. The molecule has 0 radical (unpaired) electrons. The first-order valence-corrected chi connectivity index (χ1v) is 8.06. The van der Waals surface area contributed by atoms with Crippen LogP contribution in [-0.2, 0) is 0 Å². The topological polar surface area (TPSA) is 45.2 Å². The van der Waals surface area contributed by atoms with Crippen molar-refractivity contribution in [3.63, 3.8) is 0 Å². The number of hydrogen-bond acceptors (Lipinski definition) is 3. The van der Waals surface area contributed by atoms with Gasteiger partial charge in [-0.2, -0.15) is 0 Å². The number of rotatable bonds is 2. The summed E-state index contributed by atoms with van der Waals surface area (Å²) in [6.45, 7) is 7.67. The number of carbonyl (C=O) groups is 1. The predicted octanol–water partition coefficient (Wildman–Crippen LogP) is 2.79.